The molecule has 1 aliphatic heterocycles. The van der Waals surface area contributed by atoms with Crippen molar-refractivity contribution in [2.24, 2.45) is 9.98 Å². The molecule has 66 valence electrons. The molecule has 0 radical (unpaired) electrons. The van der Waals surface area contributed by atoms with Crippen molar-refractivity contribution in [3.8, 4) is 0 Å². The van der Waals surface area contributed by atoms with Crippen LogP contribution in [-0.2, 0) is 0 Å². The predicted molar refractivity (Wildman–Crippen MR) is 61.6 cm³/mol. The molecule has 0 saturated carbocycles. The molecule has 0 unspecified atom stereocenters. The van der Waals surface area contributed by atoms with E-state index in [1.165, 1.54) is 10.1 Å². The van der Waals surface area contributed by atoms with Gasteiger partial charge in [-0.3, -0.25) is 4.99 Å². The second-order valence-corrected chi connectivity index (χ2v) is 3.97. The first-order valence-electron chi connectivity index (χ1n) is 4.29. The Morgan fingerprint density at radius 2 is 2.14 bits per heavy atom. The second-order valence-electron chi connectivity index (χ2n) is 2.94. The van der Waals surface area contributed by atoms with Crippen molar-refractivity contribution < 1.29 is 0 Å². The summed E-state index contributed by atoms with van der Waals surface area (Å²) in [5.41, 5.74) is 0.965. The third-order valence-electron chi connectivity index (χ3n) is 2.07. The van der Waals surface area contributed by atoms with Gasteiger partial charge in [-0.25, -0.2) is 0 Å². The number of rotatable bonds is 0. The molecule has 0 fully saturated rings. The minimum Gasteiger partial charge on any atom is -0.252 e. The lowest BCUT2D eigenvalue weighted by atomic mass is 10.2. The molecule has 2 heterocycles. The van der Waals surface area contributed by atoms with Crippen LogP contribution in [-0.4, -0.2) is 12.1 Å². The molecular weight excluding hydrogens is 192 g/mol. The molecule has 0 bridgehead atoms. The van der Waals surface area contributed by atoms with E-state index in [9.17, 15) is 0 Å². The standard InChI is InChI=1S/C11H6N2S/c1-2-5-9-8(4-1)10-11(14-9)13-7-3-6-12-10/h1-6H. The van der Waals surface area contributed by atoms with E-state index in [0.717, 1.165) is 10.7 Å². The SMILES string of the molecule is C1=CC=Nc2c(sc3ccccc23)N=1. The summed E-state index contributed by atoms with van der Waals surface area (Å²) in [6.07, 6.45) is 3.45. The van der Waals surface area contributed by atoms with Crippen LogP contribution in [0.25, 0.3) is 10.1 Å². The first-order valence-corrected chi connectivity index (χ1v) is 5.10. The smallest absolute Gasteiger partial charge is 0.152 e. The number of nitrogens with zero attached hydrogens (tertiary/aromatic N) is 2. The van der Waals surface area contributed by atoms with Crippen LogP contribution >= 0.6 is 11.3 Å². The summed E-state index contributed by atoms with van der Waals surface area (Å²) >= 11 is 1.65. The molecule has 3 heteroatoms. The van der Waals surface area contributed by atoms with Gasteiger partial charge in [-0.15, -0.1) is 11.3 Å². The number of benzene rings is 1. The van der Waals surface area contributed by atoms with Gasteiger partial charge in [0.2, 0.25) is 0 Å². The summed E-state index contributed by atoms with van der Waals surface area (Å²) in [6, 6.07) is 8.21. The van der Waals surface area contributed by atoms with Gasteiger partial charge in [0, 0.05) is 22.4 Å². The molecule has 2 nitrogen and oxygen atoms in total. The first kappa shape index (κ1) is 7.68. The number of fused-ring (bicyclic) bond motifs is 3. The highest BCUT2D eigenvalue weighted by Gasteiger charge is 2.09. The zero-order valence-corrected chi connectivity index (χ0v) is 8.08. The predicted octanol–water partition coefficient (Wildman–Crippen LogP) is 3.47. The summed E-state index contributed by atoms with van der Waals surface area (Å²) in [5, 5.41) is 2.11. The lowest BCUT2D eigenvalue weighted by Crippen LogP contribution is -1.63. The maximum atomic E-state index is 4.35. The summed E-state index contributed by atoms with van der Waals surface area (Å²) < 4.78 is 1.22. The van der Waals surface area contributed by atoms with Crippen LogP contribution < -0.4 is 0 Å². The van der Waals surface area contributed by atoms with E-state index in [1.54, 1.807) is 23.6 Å². The van der Waals surface area contributed by atoms with Crippen LogP contribution in [0.15, 0.2) is 40.3 Å². The Morgan fingerprint density at radius 1 is 1.21 bits per heavy atom. The molecule has 1 aromatic carbocycles. The highest BCUT2D eigenvalue weighted by Crippen LogP contribution is 2.43. The topological polar surface area (TPSA) is 24.7 Å². The number of aliphatic imine (C=N–C) groups is 2. The fourth-order valence-corrected chi connectivity index (χ4v) is 2.45. The molecule has 1 aromatic heterocycles. The summed E-state index contributed by atoms with van der Waals surface area (Å²) in [4.78, 5) is 8.56. The van der Waals surface area contributed by atoms with Crippen molar-refractivity contribution in [3.05, 3.63) is 30.3 Å². The molecule has 0 amide bonds. The lowest BCUT2D eigenvalue weighted by Gasteiger charge is -1.89. The first-order chi connectivity index (χ1) is 6.95. The molecule has 0 N–H and O–H groups in total. The minimum absolute atomic E-state index is 0.941. The number of hydrogen-bond donors (Lipinski definition) is 0. The molecule has 2 aromatic rings. The second kappa shape index (κ2) is 2.91. The molecule has 0 aliphatic carbocycles. The van der Waals surface area contributed by atoms with Crippen molar-refractivity contribution in [1.29, 1.82) is 0 Å². The molecular formula is C11H6N2S. The van der Waals surface area contributed by atoms with E-state index in [4.69, 9.17) is 0 Å². The van der Waals surface area contributed by atoms with Crippen molar-refractivity contribution in [2.45, 2.75) is 0 Å². The molecule has 3 rings (SSSR count). The van der Waals surface area contributed by atoms with Gasteiger partial charge in [0.15, 0.2) is 5.00 Å². The molecule has 0 saturated heterocycles. The summed E-state index contributed by atoms with van der Waals surface area (Å²) in [5.74, 6) is 2.83. The van der Waals surface area contributed by atoms with Gasteiger partial charge in [0.1, 0.15) is 5.69 Å². The third-order valence-corrected chi connectivity index (χ3v) is 3.12. The monoisotopic (exact) mass is 198 g/mol. The molecule has 0 spiro atoms. The maximum absolute atomic E-state index is 4.35. The quantitative estimate of drug-likeness (QED) is 0.619. The Labute approximate surface area is 84.9 Å². The van der Waals surface area contributed by atoms with Crippen molar-refractivity contribution in [2.75, 3.05) is 0 Å². The molecule has 14 heavy (non-hydrogen) atoms. The number of hydrogen-bond acceptors (Lipinski definition) is 3. The normalized spacial score (nSPS) is 13.1. The van der Waals surface area contributed by atoms with Crippen molar-refractivity contribution in [1.82, 2.24) is 0 Å². The van der Waals surface area contributed by atoms with Crippen LogP contribution in [0.2, 0.25) is 0 Å². The van der Waals surface area contributed by atoms with Gasteiger partial charge in [-0.1, -0.05) is 18.2 Å². The lowest BCUT2D eigenvalue weighted by molar-refractivity contribution is 1.58. The zero-order valence-electron chi connectivity index (χ0n) is 7.27. The Hall–Kier alpha value is -1.70. The van der Waals surface area contributed by atoms with E-state index in [-0.39, 0.29) is 0 Å². The van der Waals surface area contributed by atoms with Gasteiger partial charge in [-0.05, 0) is 11.9 Å². The Bertz CT molecular complexity index is 586. The van der Waals surface area contributed by atoms with Gasteiger partial charge >= 0.3 is 0 Å². The number of allylic oxidation sites excluding steroid dienone is 1. The highest BCUT2D eigenvalue weighted by molar-refractivity contribution is 7.23. The average molecular weight is 198 g/mol. The van der Waals surface area contributed by atoms with E-state index in [1.807, 2.05) is 12.1 Å². The van der Waals surface area contributed by atoms with E-state index in [0.29, 0.717) is 0 Å². The highest BCUT2D eigenvalue weighted by atomic mass is 32.1. The van der Waals surface area contributed by atoms with Crippen LogP contribution in [0.1, 0.15) is 0 Å². The molecule has 0 atom stereocenters. The summed E-state index contributed by atoms with van der Waals surface area (Å²) in [7, 11) is 0. The van der Waals surface area contributed by atoms with E-state index < -0.39 is 0 Å². The fourth-order valence-electron chi connectivity index (χ4n) is 1.46. The minimum atomic E-state index is 0.941. The van der Waals surface area contributed by atoms with Gasteiger partial charge in [0.05, 0.1) is 0 Å². The van der Waals surface area contributed by atoms with Crippen LogP contribution in [0.4, 0.5) is 10.7 Å². The zero-order chi connectivity index (χ0) is 9.38. The Balaban J connectivity index is 2.46. The Morgan fingerprint density at radius 3 is 3.14 bits per heavy atom. The summed E-state index contributed by atoms with van der Waals surface area (Å²) in [6.45, 7) is 0. The van der Waals surface area contributed by atoms with Crippen molar-refractivity contribution in [3.63, 3.8) is 0 Å². The average Bonchev–Trinajstić information content (AvgIpc) is 2.42. The Kier molecular flexibility index (Phi) is 1.60. The van der Waals surface area contributed by atoms with Crippen LogP contribution in [0.5, 0.6) is 0 Å². The van der Waals surface area contributed by atoms with Crippen LogP contribution in [0.3, 0.4) is 0 Å². The largest absolute Gasteiger partial charge is 0.252 e. The van der Waals surface area contributed by atoms with E-state index >= 15 is 0 Å². The van der Waals surface area contributed by atoms with Gasteiger partial charge in [0.25, 0.3) is 0 Å². The third kappa shape index (κ3) is 1.04. The van der Waals surface area contributed by atoms with Crippen LogP contribution in [0, 0.1) is 0 Å². The van der Waals surface area contributed by atoms with Crippen molar-refractivity contribution >= 4 is 44.2 Å². The van der Waals surface area contributed by atoms with Gasteiger partial charge < -0.3 is 0 Å². The fraction of sp³-hybridized carbons (Fsp3) is 0. The maximum Gasteiger partial charge on any atom is 0.152 e. The van der Waals surface area contributed by atoms with E-state index in [2.05, 4.69) is 28.0 Å². The molecule has 1 aliphatic rings. The van der Waals surface area contributed by atoms with Gasteiger partial charge in [-0.2, -0.15) is 4.99 Å². The number of thiophene rings is 1.